The van der Waals surface area contributed by atoms with E-state index in [0.29, 0.717) is 25.3 Å². The third-order valence-electron chi connectivity index (χ3n) is 6.55. The smallest absolute Gasteiger partial charge is 0.264 e. The molecular formula is C32H41N3O5S. The predicted molar refractivity (Wildman–Crippen MR) is 162 cm³/mol. The van der Waals surface area contributed by atoms with E-state index in [2.05, 4.69) is 5.32 Å². The second-order valence-corrected chi connectivity index (χ2v) is 12.2. The number of carbonyl (C=O) groups is 2. The van der Waals surface area contributed by atoms with Crippen molar-refractivity contribution in [3.8, 4) is 5.75 Å². The van der Waals surface area contributed by atoms with Gasteiger partial charge in [0.05, 0.1) is 17.2 Å². The molecular weight excluding hydrogens is 538 g/mol. The second kappa shape index (κ2) is 14.7. The number of sulfonamides is 1. The van der Waals surface area contributed by atoms with Crippen LogP contribution in [0.4, 0.5) is 5.69 Å². The number of ether oxygens (including phenoxy) is 1. The second-order valence-electron chi connectivity index (χ2n) is 10.3. The molecule has 0 bridgehead atoms. The summed E-state index contributed by atoms with van der Waals surface area (Å²) in [6.07, 6.45) is 0.364. The fourth-order valence-electron chi connectivity index (χ4n) is 4.52. The molecule has 8 nitrogen and oxygen atoms in total. The van der Waals surface area contributed by atoms with Crippen LogP contribution in [0.5, 0.6) is 5.75 Å². The van der Waals surface area contributed by atoms with Crippen molar-refractivity contribution in [2.24, 2.45) is 5.92 Å². The van der Waals surface area contributed by atoms with Gasteiger partial charge >= 0.3 is 0 Å². The minimum absolute atomic E-state index is 0.0473. The molecule has 0 saturated heterocycles. The van der Waals surface area contributed by atoms with Gasteiger partial charge in [0, 0.05) is 13.1 Å². The molecule has 0 aliphatic heterocycles. The van der Waals surface area contributed by atoms with Crippen molar-refractivity contribution in [1.82, 2.24) is 10.2 Å². The Hall–Kier alpha value is -3.85. The number of anilines is 1. The van der Waals surface area contributed by atoms with Crippen molar-refractivity contribution in [2.45, 2.75) is 58.5 Å². The number of benzene rings is 3. The molecule has 41 heavy (non-hydrogen) atoms. The number of nitrogens with one attached hydrogen (secondary N) is 1. The maximum atomic E-state index is 14.2. The van der Waals surface area contributed by atoms with Crippen molar-refractivity contribution in [1.29, 1.82) is 0 Å². The van der Waals surface area contributed by atoms with E-state index in [-0.39, 0.29) is 29.0 Å². The number of hydrogen-bond donors (Lipinski definition) is 1. The van der Waals surface area contributed by atoms with Gasteiger partial charge < -0.3 is 15.0 Å². The Morgan fingerprint density at radius 3 is 2.24 bits per heavy atom. The molecule has 220 valence electrons. The SMILES string of the molecule is CCOc1ccccc1N(CC(=O)N(Cc1cccc(C)c1)[C@@H](CC)C(=O)NCC(C)C)S(=O)(=O)c1ccccc1. The van der Waals surface area contributed by atoms with Gasteiger partial charge in [0.2, 0.25) is 11.8 Å². The lowest BCUT2D eigenvalue weighted by Crippen LogP contribution is -2.52. The van der Waals surface area contributed by atoms with Crippen LogP contribution in [0.25, 0.3) is 0 Å². The topological polar surface area (TPSA) is 96.0 Å². The zero-order valence-corrected chi connectivity index (χ0v) is 25.4. The first-order valence-corrected chi connectivity index (χ1v) is 15.4. The first kappa shape index (κ1) is 31.7. The van der Waals surface area contributed by atoms with Gasteiger partial charge in [-0.25, -0.2) is 8.42 Å². The summed E-state index contributed by atoms with van der Waals surface area (Å²) in [5.41, 5.74) is 2.12. The van der Waals surface area contributed by atoms with E-state index in [1.54, 1.807) is 42.5 Å². The van der Waals surface area contributed by atoms with E-state index in [0.717, 1.165) is 15.4 Å². The molecule has 0 aromatic heterocycles. The average Bonchev–Trinajstić information content (AvgIpc) is 2.95. The zero-order chi connectivity index (χ0) is 30.0. The Kier molecular flexibility index (Phi) is 11.3. The highest BCUT2D eigenvalue weighted by molar-refractivity contribution is 7.92. The lowest BCUT2D eigenvalue weighted by atomic mass is 10.1. The zero-order valence-electron chi connectivity index (χ0n) is 24.5. The largest absolute Gasteiger partial charge is 0.492 e. The fraction of sp³-hybridized carbons (Fsp3) is 0.375. The normalized spacial score (nSPS) is 12.0. The number of rotatable bonds is 14. The van der Waals surface area contributed by atoms with Gasteiger partial charge in [0.15, 0.2) is 0 Å². The molecule has 0 unspecified atom stereocenters. The summed E-state index contributed by atoms with van der Waals surface area (Å²) in [5, 5.41) is 2.95. The van der Waals surface area contributed by atoms with Crippen molar-refractivity contribution in [3.63, 3.8) is 0 Å². The van der Waals surface area contributed by atoms with Crippen LogP contribution in [0.15, 0.2) is 83.8 Å². The third-order valence-corrected chi connectivity index (χ3v) is 8.32. The lowest BCUT2D eigenvalue weighted by molar-refractivity contribution is -0.140. The van der Waals surface area contributed by atoms with Crippen molar-refractivity contribution < 1.29 is 22.7 Å². The predicted octanol–water partition coefficient (Wildman–Crippen LogP) is 5.17. The highest BCUT2D eigenvalue weighted by Gasteiger charge is 2.34. The van der Waals surface area contributed by atoms with Gasteiger partial charge in [0.25, 0.3) is 10.0 Å². The van der Waals surface area contributed by atoms with Crippen LogP contribution in [0.3, 0.4) is 0 Å². The summed E-state index contributed by atoms with van der Waals surface area (Å²) in [6.45, 7) is 10.0. The standard InChI is InChI=1S/C32H41N3O5S/c1-6-28(32(37)33-21-24(3)4)34(22-26-15-13-14-25(5)20-26)31(36)23-35(29-18-11-12-19-30(29)40-7-2)41(38,39)27-16-9-8-10-17-27/h8-20,24,28H,6-7,21-23H2,1-5H3,(H,33,37)/t28-/m0/s1. The summed E-state index contributed by atoms with van der Waals surface area (Å²) >= 11 is 0. The Labute approximate surface area is 244 Å². The highest BCUT2D eigenvalue weighted by atomic mass is 32.2. The molecule has 0 radical (unpaired) electrons. The Morgan fingerprint density at radius 1 is 0.927 bits per heavy atom. The molecule has 9 heteroatoms. The number of hydrogen-bond acceptors (Lipinski definition) is 5. The molecule has 1 atom stereocenters. The van der Waals surface area contributed by atoms with Gasteiger partial charge in [-0.05, 0) is 56.0 Å². The minimum atomic E-state index is -4.17. The maximum absolute atomic E-state index is 14.2. The molecule has 3 rings (SSSR count). The molecule has 3 aromatic rings. The molecule has 0 aliphatic rings. The fourth-order valence-corrected chi connectivity index (χ4v) is 5.97. The van der Waals surface area contributed by atoms with E-state index < -0.39 is 28.5 Å². The van der Waals surface area contributed by atoms with Crippen molar-refractivity contribution >= 4 is 27.5 Å². The van der Waals surface area contributed by atoms with Gasteiger partial charge in [-0.1, -0.05) is 80.9 Å². The Morgan fingerprint density at radius 2 is 1.61 bits per heavy atom. The van der Waals surface area contributed by atoms with E-state index in [4.69, 9.17) is 4.74 Å². The summed E-state index contributed by atoms with van der Waals surface area (Å²) in [5.74, 6) is -0.188. The monoisotopic (exact) mass is 579 g/mol. The molecule has 2 amide bonds. The summed E-state index contributed by atoms with van der Waals surface area (Å²) in [6, 6.07) is 21.7. The van der Waals surface area contributed by atoms with Crippen LogP contribution < -0.4 is 14.4 Å². The van der Waals surface area contributed by atoms with Crippen LogP contribution in [0.2, 0.25) is 0 Å². The van der Waals surface area contributed by atoms with E-state index in [1.165, 1.54) is 17.0 Å². The molecule has 0 heterocycles. The Bertz CT molecular complexity index is 1410. The summed E-state index contributed by atoms with van der Waals surface area (Å²) in [7, 11) is -4.17. The van der Waals surface area contributed by atoms with E-state index >= 15 is 0 Å². The maximum Gasteiger partial charge on any atom is 0.264 e. The quantitative estimate of drug-likeness (QED) is 0.284. The number of aryl methyl sites for hydroxylation is 1. The van der Waals surface area contributed by atoms with Crippen molar-refractivity contribution in [3.05, 3.63) is 90.0 Å². The van der Waals surface area contributed by atoms with Crippen LogP contribution in [-0.2, 0) is 26.2 Å². The molecule has 0 spiro atoms. The number of carbonyl (C=O) groups excluding carboxylic acids is 2. The minimum Gasteiger partial charge on any atom is -0.492 e. The molecule has 1 N–H and O–H groups in total. The molecule has 0 saturated carbocycles. The third kappa shape index (κ3) is 8.33. The molecule has 0 aliphatic carbocycles. The van der Waals surface area contributed by atoms with Crippen molar-refractivity contribution in [2.75, 3.05) is 24.0 Å². The average molecular weight is 580 g/mol. The van der Waals surface area contributed by atoms with Gasteiger partial charge in [-0.2, -0.15) is 0 Å². The highest BCUT2D eigenvalue weighted by Crippen LogP contribution is 2.33. The van der Waals surface area contributed by atoms with Crippen LogP contribution in [0.1, 0.15) is 45.2 Å². The first-order valence-electron chi connectivity index (χ1n) is 14.0. The lowest BCUT2D eigenvalue weighted by Gasteiger charge is -2.33. The van der Waals surface area contributed by atoms with Gasteiger partial charge in [-0.15, -0.1) is 0 Å². The summed E-state index contributed by atoms with van der Waals surface area (Å²) < 4.78 is 34.9. The number of nitrogens with zero attached hydrogens (tertiary/aromatic N) is 2. The van der Waals surface area contributed by atoms with Crippen LogP contribution >= 0.6 is 0 Å². The summed E-state index contributed by atoms with van der Waals surface area (Å²) in [4.78, 5) is 29.1. The molecule has 3 aromatic carbocycles. The molecule has 0 fully saturated rings. The number of para-hydroxylation sites is 2. The van der Waals surface area contributed by atoms with E-state index in [1.807, 2.05) is 58.9 Å². The van der Waals surface area contributed by atoms with E-state index in [9.17, 15) is 18.0 Å². The van der Waals surface area contributed by atoms with Crippen LogP contribution in [0, 0.1) is 12.8 Å². The van der Waals surface area contributed by atoms with Crippen LogP contribution in [-0.4, -0.2) is 50.9 Å². The Balaban J connectivity index is 2.09. The van der Waals surface area contributed by atoms with Gasteiger partial charge in [0.1, 0.15) is 18.3 Å². The first-order chi connectivity index (χ1) is 19.6. The van der Waals surface area contributed by atoms with Gasteiger partial charge in [-0.3, -0.25) is 13.9 Å². The number of amides is 2.